The summed E-state index contributed by atoms with van der Waals surface area (Å²) < 4.78 is 5.47. The molecule has 1 aliphatic rings. The van der Waals surface area contributed by atoms with Crippen LogP contribution in [0.5, 0.6) is 0 Å². The number of carbonyl (C=O) groups excluding carboxylic acids is 3. The monoisotopic (exact) mass is 332 g/mol. The Morgan fingerprint density at radius 2 is 1.67 bits per heavy atom. The minimum absolute atomic E-state index is 0.168. The van der Waals surface area contributed by atoms with Gasteiger partial charge in [-0.3, -0.25) is 14.4 Å². The van der Waals surface area contributed by atoms with Gasteiger partial charge in [-0.2, -0.15) is 0 Å². The maximum Gasteiger partial charge on any atom is 0.314 e. The van der Waals surface area contributed by atoms with E-state index < -0.39 is 16.9 Å². The third-order valence-corrected chi connectivity index (χ3v) is 4.07. The number of nitrogens with two attached hydrogens (primary N) is 1. The number of rotatable bonds is 3. The van der Waals surface area contributed by atoms with Gasteiger partial charge in [-0.15, -0.1) is 0 Å². The van der Waals surface area contributed by atoms with Crippen molar-refractivity contribution in [2.75, 3.05) is 13.1 Å². The Hall–Kier alpha value is -2.37. The maximum atomic E-state index is 12.6. The molecule has 2 rings (SSSR count). The summed E-state index contributed by atoms with van der Waals surface area (Å²) in [6.07, 6.45) is 0.563. The van der Waals surface area contributed by atoms with Crippen LogP contribution in [0.2, 0.25) is 0 Å². The number of amides is 2. The molecule has 0 aliphatic carbocycles. The fourth-order valence-corrected chi connectivity index (χ4v) is 2.66. The van der Waals surface area contributed by atoms with E-state index in [9.17, 15) is 14.4 Å². The molecule has 0 spiro atoms. The first-order chi connectivity index (χ1) is 11.0. The van der Waals surface area contributed by atoms with Crippen LogP contribution in [0.15, 0.2) is 24.3 Å². The number of hydrogen-bond acceptors (Lipinski definition) is 4. The number of ether oxygens (including phenoxy) is 1. The normalized spacial score (nSPS) is 20.8. The van der Waals surface area contributed by atoms with Crippen molar-refractivity contribution in [1.82, 2.24) is 4.90 Å². The lowest BCUT2D eigenvalue weighted by atomic mass is 9.90. The van der Waals surface area contributed by atoms with E-state index in [1.54, 1.807) is 17.0 Å². The van der Waals surface area contributed by atoms with Gasteiger partial charge in [0, 0.05) is 24.2 Å². The second-order valence-electron chi connectivity index (χ2n) is 7.48. The van der Waals surface area contributed by atoms with Crippen LogP contribution in [0.3, 0.4) is 0 Å². The molecule has 1 atom stereocenters. The van der Waals surface area contributed by atoms with Crippen LogP contribution in [-0.4, -0.2) is 41.4 Å². The standard InChI is InChI=1S/C18H24N2O4/c1-17(2,3)24-16(23)18(4)9-10-20(11-18)15(22)13-7-5-12(6-8-13)14(19)21/h5-8H,9-11H2,1-4H3,(H2,19,21). The van der Waals surface area contributed by atoms with Crippen molar-refractivity contribution in [3.05, 3.63) is 35.4 Å². The van der Waals surface area contributed by atoms with Crippen LogP contribution in [0.25, 0.3) is 0 Å². The van der Waals surface area contributed by atoms with E-state index in [2.05, 4.69) is 0 Å². The Balaban J connectivity index is 2.08. The molecule has 1 aliphatic heterocycles. The van der Waals surface area contributed by atoms with E-state index in [0.717, 1.165) is 0 Å². The SMILES string of the molecule is CC(C)(C)OC(=O)C1(C)CCN(C(=O)c2ccc(C(N)=O)cc2)C1. The van der Waals surface area contributed by atoms with Gasteiger partial charge in [0.15, 0.2) is 0 Å². The van der Waals surface area contributed by atoms with Gasteiger partial charge < -0.3 is 15.4 Å². The topological polar surface area (TPSA) is 89.7 Å². The molecule has 1 unspecified atom stereocenters. The van der Waals surface area contributed by atoms with Crippen LogP contribution in [0.1, 0.15) is 54.8 Å². The summed E-state index contributed by atoms with van der Waals surface area (Å²) in [5.41, 5.74) is 4.76. The second-order valence-corrected chi connectivity index (χ2v) is 7.48. The average Bonchev–Trinajstić information content (AvgIpc) is 2.89. The number of nitrogens with zero attached hydrogens (tertiary/aromatic N) is 1. The Morgan fingerprint density at radius 3 is 2.17 bits per heavy atom. The molecule has 1 aromatic carbocycles. The van der Waals surface area contributed by atoms with Crippen molar-refractivity contribution in [1.29, 1.82) is 0 Å². The Bertz CT molecular complexity index is 661. The highest BCUT2D eigenvalue weighted by atomic mass is 16.6. The first kappa shape index (κ1) is 18.0. The molecule has 1 saturated heterocycles. The Labute approximate surface area is 142 Å². The molecule has 0 saturated carbocycles. The molecule has 0 radical (unpaired) electrons. The van der Waals surface area contributed by atoms with Gasteiger partial charge in [0.05, 0.1) is 5.41 Å². The van der Waals surface area contributed by atoms with Gasteiger partial charge in [0.25, 0.3) is 5.91 Å². The van der Waals surface area contributed by atoms with E-state index >= 15 is 0 Å². The summed E-state index contributed by atoms with van der Waals surface area (Å²) in [5, 5.41) is 0. The lowest BCUT2D eigenvalue weighted by molar-refractivity contribution is -0.165. The van der Waals surface area contributed by atoms with Crippen LogP contribution >= 0.6 is 0 Å². The molecule has 2 amide bonds. The molecule has 6 nitrogen and oxygen atoms in total. The van der Waals surface area contributed by atoms with Crippen LogP contribution in [0, 0.1) is 5.41 Å². The van der Waals surface area contributed by atoms with Gasteiger partial charge >= 0.3 is 5.97 Å². The minimum Gasteiger partial charge on any atom is -0.459 e. The highest BCUT2D eigenvalue weighted by Crippen LogP contribution is 2.33. The fraction of sp³-hybridized carbons (Fsp3) is 0.500. The summed E-state index contributed by atoms with van der Waals surface area (Å²) in [4.78, 5) is 37.7. The second kappa shape index (κ2) is 6.26. The molecule has 0 bridgehead atoms. The van der Waals surface area contributed by atoms with Crippen LogP contribution in [0.4, 0.5) is 0 Å². The predicted octanol–water partition coefficient (Wildman–Crippen LogP) is 1.98. The van der Waals surface area contributed by atoms with Crippen molar-refractivity contribution in [2.45, 2.75) is 39.7 Å². The van der Waals surface area contributed by atoms with Gasteiger partial charge in [-0.25, -0.2) is 0 Å². The lowest BCUT2D eigenvalue weighted by Gasteiger charge is -2.28. The van der Waals surface area contributed by atoms with Crippen molar-refractivity contribution in [2.24, 2.45) is 11.1 Å². The minimum atomic E-state index is -0.698. The van der Waals surface area contributed by atoms with Gasteiger partial charge in [-0.1, -0.05) is 0 Å². The largest absolute Gasteiger partial charge is 0.459 e. The molecule has 1 heterocycles. The molecule has 1 fully saturated rings. The summed E-state index contributed by atoms with van der Waals surface area (Å²) in [6.45, 7) is 8.11. The molecule has 130 valence electrons. The Kier molecular flexibility index (Phi) is 4.69. The van der Waals surface area contributed by atoms with Crippen molar-refractivity contribution >= 4 is 17.8 Å². The highest BCUT2D eigenvalue weighted by Gasteiger charge is 2.44. The molecule has 6 heteroatoms. The zero-order chi connectivity index (χ0) is 18.1. The van der Waals surface area contributed by atoms with Gasteiger partial charge in [-0.05, 0) is 58.4 Å². The third-order valence-electron chi connectivity index (χ3n) is 4.07. The Morgan fingerprint density at radius 1 is 1.12 bits per heavy atom. The summed E-state index contributed by atoms with van der Waals surface area (Å²) >= 11 is 0. The number of carbonyl (C=O) groups is 3. The molecule has 2 N–H and O–H groups in total. The van der Waals surface area contributed by atoms with Crippen LogP contribution < -0.4 is 5.73 Å². The predicted molar refractivity (Wildman–Crippen MR) is 89.4 cm³/mol. The third kappa shape index (κ3) is 3.93. The molecule has 0 aromatic heterocycles. The number of benzene rings is 1. The first-order valence-corrected chi connectivity index (χ1v) is 7.94. The molecular weight excluding hydrogens is 308 g/mol. The summed E-state index contributed by atoms with van der Waals surface area (Å²) in [5.74, 6) is -0.986. The average molecular weight is 332 g/mol. The van der Waals surface area contributed by atoms with Gasteiger partial charge in [0.2, 0.25) is 5.91 Å². The van der Waals surface area contributed by atoms with Gasteiger partial charge in [0.1, 0.15) is 5.60 Å². The summed E-state index contributed by atoms with van der Waals surface area (Å²) in [6, 6.07) is 6.20. The maximum absolute atomic E-state index is 12.6. The number of likely N-dealkylation sites (tertiary alicyclic amines) is 1. The summed E-state index contributed by atoms with van der Waals surface area (Å²) in [7, 11) is 0. The first-order valence-electron chi connectivity index (χ1n) is 7.94. The molecule has 24 heavy (non-hydrogen) atoms. The number of esters is 1. The quantitative estimate of drug-likeness (QED) is 0.857. The van der Waals surface area contributed by atoms with Crippen LogP contribution in [-0.2, 0) is 9.53 Å². The van der Waals surface area contributed by atoms with Crippen molar-refractivity contribution in [3.63, 3.8) is 0 Å². The number of primary amides is 1. The number of hydrogen-bond donors (Lipinski definition) is 1. The van der Waals surface area contributed by atoms with E-state index in [0.29, 0.717) is 30.6 Å². The van der Waals surface area contributed by atoms with E-state index in [-0.39, 0.29) is 11.9 Å². The fourth-order valence-electron chi connectivity index (χ4n) is 2.66. The van der Waals surface area contributed by atoms with Crippen molar-refractivity contribution in [3.8, 4) is 0 Å². The van der Waals surface area contributed by atoms with E-state index in [1.165, 1.54) is 12.1 Å². The zero-order valence-corrected chi connectivity index (χ0v) is 14.6. The smallest absolute Gasteiger partial charge is 0.314 e. The van der Waals surface area contributed by atoms with E-state index in [1.807, 2.05) is 27.7 Å². The van der Waals surface area contributed by atoms with Crippen molar-refractivity contribution < 1.29 is 19.1 Å². The lowest BCUT2D eigenvalue weighted by Crippen LogP contribution is -2.39. The molecular formula is C18H24N2O4. The molecule has 1 aromatic rings. The zero-order valence-electron chi connectivity index (χ0n) is 14.6. The highest BCUT2D eigenvalue weighted by molar-refractivity contribution is 5.97. The van der Waals surface area contributed by atoms with E-state index in [4.69, 9.17) is 10.5 Å².